The van der Waals surface area contributed by atoms with Crippen molar-refractivity contribution in [2.24, 2.45) is 0 Å². The van der Waals surface area contributed by atoms with E-state index in [0.29, 0.717) is 0 Å². The van der Waals surface area contributed by atoms with Crippen LogP contribution in [0, 0.1) is 0 Å². The Hall–Kier alpha value is -1.22. The van der Waals surface area contributed by atoms with Crippen molar-refractivity contribution in [2.45, 2.75) is 37.8 Å². The van der Waals surface area contributed by atoms with Crippen LogP contribution in [0.25, 0.3) is 0 Å². The molecule has 1 heterocycles. The Bertz CT molecular complexity index is 378. The van der Waals surface area contributed by atoms with Crippen LogP contribution in [0.4, 0.5) is 5.69 Å². The molecule has 0 radical (unpaired) electrons. The minimum absolute atomic E-state index is 0.743. The first kappa shape index (κ1) is 11.8. The summed E-state index contributed by atoms with van der Waals surface area (Å²) in [5, 5.41) is 3.74. The van der Waals surface area contributed by atoms with Gasteiger partial charge in [0.05, 0.1) is 7.11 Å². The van der Waals surface area contributed by atoms with Gasteiger partial charge in [-0.1, -0.05) is 0 Å². The van der Waals surface area contributed by atoms with Crippen molar-refractivity contribution >= 4 is 5.69 Å². The van der Waals surface area contributed by atoms with Crippen LogP contribution in [-0.4, -0.2) is 32.3 Å². The van der Waals surface area contributed by atoms with Crippen molar-refractivity contribution in [1.82, 2.24) is 5.32 Å². The molecule has 0 spiro atoms. The average molecular weight is 246 g/mol. The van der Waals surface area contributed by atoms with Crippen LogP contribution in [0.5, 0.6) is 5.75 Å². The molecular formula is C15H22N2O. The molecule has 1 aliphatic heterocycles. The number of nitrogens with one attached hydrogen (secondary N) is 1. The van der Waals surface area contributed by atoms with Gasteiger partial charge in [0.1, 0.15) is 5.75 Å². The SMILES string of the molecule is COc1ccc(N2CCC(NC3CC3)CC2)cc1. The molecule has 1 aromatic rings. The second-order valence-corrected chi connectivity index (χ2v) is 5.40. The highest BCUT2D eigenvalue weighted by atomic mass is 16.5. The van der Waals surface area contributed by atoms with Gasteiger partial charge in [0.15, 0.2) is 0 Å². The predicted molar refractivity (Wildman–Crippen MR) is 74.4 cm³/mol. The molecular weight excluding hydrogens is 224 g/mol. The molecule has 0 amide bonds. The third-order valence-electron chi connectivity index (χ3n) is 3.98. The van der Waals surface area contributed by atoms with Gasteiger partial charge in [0, 0.05) is 30.9 Å². The Morgan fingerprint density at radius 2 is 1.61 bits per heavy atom. The van der Waals surface area contributed by atoms with Crippen LogP contribution in [0.3, 0.4) is 0 Å². The van der Waals surface area contributed by atoms with E-state index in [-0.39, 0.29) is 0 Å². The summed E-state index contributed by atoms with van der Waals surface area (Å²) in [6.07, 6.45) is 5.31. The number of nitrogens with zero attached hydrogens (tertiary/aromatic N) is 1. The number of anilines is 1. The summed E-state index contributed by atoms with van der Waals surface area (Å²) in [6.45, 7) is 2.33. The van der Waals surface area contributed by atoms with Gasteiger partial charge in [-0.25, -0.2) is 0 Å². The van der Waals surface area contributed by atoms with Crippen LogP contribution in [0.1, 0.15) is 25.7 Å². The number of methoxy groups -OCH3 is 1. The highest BCUT2D eigenvalue weighted by molar-refractivity contribution is 5.49. The summed E-state index contributed by atoms with van der Waals surface area (Å²) in [4.78, 5) is 2.48. The van der Waals surface area contributed by atoms with E-state index in [4.69, 9.17) is 4.74 Å². The zero-order chi connectivity index (χ0) is 12.4. The van der Waals surface area contributed by atoms with E-state index in [2.05, 4.69) is 22.3 Å². The van der Waals surface area contributed by atoms with Crippen molar-refractivity contribution < 1.29 is 4.74 Å². The second-order valence-electron chi connectivity index (χ2n) is 5.40. The summed E-state index contributed by atoms with van der Waals surface area (Å²) in [6, 6.07) is 9.99. The molecule has 3 rings (SSSR count). The molecule has 1 aliphatic carbocycles. The average Bonchev–Trinajstić information content (AvgIpc) is 3.24. The standard InChI is InChI=1S/C15H22N2O/c1-18-15-6-4-14(5-7-15)17-10-8-13(9-11-17)16-12-2-3-12/h4-7,12-13,16H,2-3,8-11H2,1H3. The molecule has 0 bridgehead atoms. The lowest BCUT2D eigenvalue weighted by Crippen LogP contribution is -2.43. The monoisotopic (exact) mass is 246 g/mol. The maximum atomic E-state index is 5.20. The molecule has 1 saturated heterocycles. The molecule has 2 aliphatic rings. The Morgan fingerprint density at radius 1 is 1.00 bits per heavy atom. The number of hydrogen-bond donors (Lipinski definition) is 1. The van der Waals surface area contributed by atoms with E-state index >= 15 is 0 Å². The van der Waals surface area contributed by atoms with Crippen molar-refractivity contribution in [1.29, 1.82) is 0 Å². The smallest absolute Gasteiger partial charge is 0.119 e. The van der Waals surface area contributed by atoms with E-state index in [1.54, 1.807) is 7.11 Å². The van der Waals surface area contributed by atoms with Gasteiger partial charge >= 0.3 is 0 Å². The third kappa shape index (κ3) is 2.78. The van der Waals surface area contributed by atoms with Gasteiger partial charge in [-0.05, 0) is 49.9 Å². The van der Waals surface area contributed by atoms with Crippen LogP contribution in [0.15, 0.2) is 24.3 Å². The molecule has 3 nitrogen and oxygen atoms in total. The van der Waals surface area contributed by atoms with Gasteiger partial charge in [-0.2, -0.15) is 0 Å². The summed E-state index contributed by atoms with van der Waals surface area (Å²) in [5.41, 5.74) is 1.32. The normalized spacial score (nSPS) is 21.1. The summed E-state index contributed by atoms with van der Waals surface area (Å²) < 4.78 is 5.20. The first-order chi connectivity index (χ1) is 8.85. The van der Waals surface area contributed by atoms with E-state index in [1.807, 2.05) is 12.1 Å². The van der Waals surface area contributed by atoms with Crippen molar-refractivity contribution in [3.63, 3.8) is 0 Å². The van der Waals surface area contributed by atoms with Crippen LogP contribution in [-0.2, 0) is 0 Å². The Morgan fingerprint density at radius 3 is 2.17 bits per heavy atom. The lowest BCUT2D eigenvalue weighted by atomic mass is 10.0. The summed E-state index contributed by atoms with van der Waals surface area (Å²) >= 11 is 0. The minimum Gasteiger partial charge on any atom is -0.497 e. The summed E-state index contributed by atoms with van der Waals surface area (Å²) in [5.74, 6) is 0.934. The highest BCUT2D eigenvalue weighted by Gasteiger charge is 2.27. The Labute approximate surface area is 109 Å². The Balaban J connectivity index is 1.54. The van der Waals surface area contributed by atoms with Crippen LogP contribution >= 0.6 is 0 Å². The molecule has 98 valence electrons. The fourth-order valence-corrected chi connectivity index (χ4v) is 2.68. The summed E-state index contributed by atoms with van der Waals surface area (Å²) in [7, 11) is 1.71. The maximum Gasteiger partial charge on any atom is 0.119 e. The largest absolute Gasteiger partial charge is 0.497 e. The molecule has 18 heavy (non-hydrogen) atoms. The number of ether oxygens (including phenoxy) is 1. The van der Waals surface area contributed by atoms with E-state index in [1.165, 1.54) is 31.4 Å². The third-order valence-corrected chi connectivity index (χ3v) is 3.98. The van der Waals surface area contributed by atoms with Gasteiger partial charge in [0.2, 0.25) is 0 Å². The second kappa shape index (κ2) is 5.19. The van der Waals surface area contributed by atoms with E-state index < -0.39 is 0 Å². The predicted octanol–water partition coefficient (Wildman–Crippen LogP) is 2.42. The zero-order valence-electron chi connectivity index (χ0n) is 11.1. The molecule has 0 unspecified atom stereocenters. The first-order valence-corrected chi connectivity index (χ1v) is 7.00. The molecule has 2 fully saturated rings. The Kier molecular flexibility index (Phi) is 3.41. The van der Waals surface area contributed by atoms with E-state index in [0.717, 1.165) is 30.9 Å². The molecule has 1 saturated carbocycles. The first-order valence-electron chi connectivity index (χ1n) is 7.00. The highest BCUT2D eigenvalue weighted by Crippen LogP contribution is 2.25. The van der Waals surface area contributed by atoms with Gasteiger partial charge < -0.3 is 15.0 Å². The fourth-order valence-electron chi connectivity index (χ4n) is 2.68. The van der Waals surface area contributed by atoms with Crippen molar-refractivity contribution in [3.05, 3.63) is 24.3 Å². The molecule has 1 aromatic carbocycles. The topological polar surface area (TPSA) is 24.5 Å². The minimum atomic E-state index is 0.743. The number of benzene rings is 1. The van der Waals surface area contributed by atoms with Crippen molar-refractivity contribution in [3.8, 4) is 5.75 Å². The quantitative estimate of drug-likeness (QED) is 0.883. The molecule has 3 heteroatoms. The molecule has 0 atom stereocenters. The number of hydrogen-bond acceptors (Lipinski definition) is 3. The number of piperidine rings is 1. The van der Waals surface area contributed by atoms with Gasteiger partial charge in [-0.3, -0.25) is 0 Å². The lowest BCUT2D eigenvalue weighted by Gasteiger charge is -2.34. The lowest BCUT2D eigenvalue weighted by molar-refractivity contribution is 0.410. The van der Waals surface area contributed by atoms with Gasteiger partial charge in [-0.15, -0.1) is 0 Å². The maximum absolute atomic E-state index is 5.20. The molecule has 1 N–H and O–H groups in total. The fraction of sp³-hybridized carbons (Fsp3) is 0.600. The van der Waals surface area contributed by atoms with Crippen molar-refractivity contribution in [2.75, 3.05) is 25.1 Å². The van der Waals surface area contributed by atoms with E-state index in [9.17, 15) is 0 Å². The van der Waals surface area contributed by atoms with Gasteiger partial charge in [0.25, 0.3) is 0 Å². The van der Waals surface area contributed by atoms with Crippen LogP contribution < -0.4 is 15.0 Å². The zero-order valence-corrected chi connectivity index (χ0v) is 11.1. The number of rotatable bonds is 4. The van der Waals surface area contributed by atoms with Crippen LogP contribution in [0.2, 0.25) is 0 Å². The molecule has 0 aromatic heterocycles.